The molecule has 3 aromatic rings. The van der Waals surface area contributed by atoms with E-state index in [9.17, 15) is 40.3 Å². The first-order valence-electron chi connectivity index (χ1n) is 9.68. The van der Waals surface area contributed by atoms with Gasteiger partial charge in [0, 0.05) is 10.8 Å². The summed E-state index contributed by atoms with van der Waals surface area (Å²) in [4.78, 5) is 36.6. The van der Waals surface area contributed by atoms with E-state index in [1.165, 1.54) is 6.21 Å². The summed E-state index contributed by atoms with van der Waals surface area (Å²) < 4.78 is 66.2. The predicted molar refractivity (Wildman–Crippen MR) is 124 cm³/mol. The van der Waals surface area contributed by atoms with Crippen LogP contribution >= 0.6 is 0 Å². The molecule has 0 unspecified atom stereocenters. The second-order valence-corrected chi connectivity index (χ2v) is 10.2. The Morgan fingerprint density at radius 2 is 1.56 bits per heavy atom. The number of nitrogens with one attached hydrogen (secondary N) is 2. The van der Waals surface area contributed by atoms with Crippen molar-refractivity contribution in [2.75, 3.05) is 5.73 Å². The maximum atomic E-state index is 13.1. The molecule has 0 fully saturated rings. The van der Waals surface area contributed by atoms with Gasteiger partial charge in [-0.05, 0) is 23.8 Å². The third-order valence-corrected chi connectivity index (χ3v) is 6.77. The van der Waals surface area contributed by atoms with Gasteiger partial charge in [-0.2, -0.15) is 26.9 Å². The van der Waals surface area contributed by atoms with E-state index in [2.05, 4.69) is 5.10 Å². The second-order valence-electron chi connectivity index (χ2n) is 7.35. The zero-order valence-corrected chi connectivity index (χ0v) is 19.4. The smallest absolute Gasteiger partial charge is 0.354 e. The highest BCUT2D eigenvalue weighted by molar-refractivity contribution is 7.86. The number of hydrogen-bond acceptors (Lipinski definition) is 9. The van der Waals surface area contributed by atoms with E-state index < -0.39 is 70.1 Å². The molecule has 0 bridgehead atoms. The Morgan fingerprint density at radius 1 is 0.944 bits per heavy atom. The van der Waals surface area contributed by atoms with Crippen LogP contribution in [-0.4, -0.2) is 55.0 Å². The van der Waals surface area contributed by atoms with Crippen LogP contribution in [0.25, 0.3) is 10.8 Å². The molecule has 0 aliphatic carbocycles. The van der Waals surface area contributed by atoms with Gasteiger partial charge in [-0.25, -0.2) is 15.6 Å². The first-order valence-corrected chi connectivity index (χ1v) is 12.6. The van der Waals surface area contributed by atoms with Gasteiger partial charge in [-0.15, -0.1) is 0 Å². The van der Waals surface area contributed by atoms with E-state index in [0.29, 0.717) is 11.6 Å². The zero-order valence-electron chi connectivity index (χ0n) is 17.7. The van der Waals surface area contributed by atoms with E-state index in [0.717, 1.165) is 12.1 Å². The van der Waals surface area contributed by atoms with Crippen LogP contribution in [-0.2, 0) is 20.2 Å². The highest BCUT2D eigenvalue weighted by Gasteiger charge is 2.37. The summed E-state index contributed by atoms with van der Waals surface area (Å²) in [5, 5.41) is 3.19. The second kappa shape index (κ2) is 8.68. The summed E-state index contributed by atoms with van der Waals surface area (Å²) in [6.07, 6.45) is 1.27. The highest BCUT2D eigenvalue weighted by atomic mass is 32.2. The molecule has 6 N–H and O–H groups in total. The number of carbonyl (C=O) groups excluding carboxylic acids is 3. The lowest BCUT2D eigenvalue weighted by Gasteiger charge is -2.28. The molecule has 1 aliphatic heterocycles. The van der Waals surface area contributed by atoms with E-state index in [1.54, 1.807) is 30.3 Å². The van der Waals surface area contributed by atoms with Gasteiger partial charge >= 0.3 is 6.03 Å². The summed E-state index contributed by atoms with van der Waals surface area (Å²) in [6.45, 7) is 0. The van der Waals surface area contributed by atoms with Crippen molar-refractivity contribution in [1.82, 2.24) is 15.9 Å². The van der Waals surface area contributed by atoms with Gasteiger partial charge in [0.1, 0.15) is 4.90 Å². The number of benzene rings is 3. The average molecular weight is 534 g/mol. The van der Waals surface area contributed by atoms with Gasteiger partial charge in [-0.3, -0.25) is 18.7 Å². The van der Waals surface area contributed by atoms with E-state index >= 15 is 0 Å². The van der Waals surface area contributed by atoms with Gasteiger partial charge in [0.2, 0.25) is 0 Å². The van der Waals surface area contributed by atoms with Crippen LogP contribution in [0.3, 0.4) is 0 Å². The van der Waals surface area contributed by atoms with Crippen molar-refractivity contribution in [3.8, 4) is 0 Å². The van der Waals surface area contributed by atoms with Crippen molar-refractivity contribution in [1.29, 1.82) is 0 Å². The number of anilines is 1. The largest absolute Gasteiger partial charge is 0.397 e. The van der Waals surface area contributed by atoms with E-state index in [-0.39, 0.29) is 10.4 Å². The lowest BCUT2D eigenvalue weighted by molar-refractivity contribution is 0.0541. The minimum atomic E-state index is -5.02. The van der Waals surface area contributed by atoms with Crippen LogP contribution in [0, 0.1) is 0 Å². The number of nitrogen functional groups attached to an aromatic ring is 1. The van der Waals surface area contributed by atoms with Crippen molar-refractivity contribution < 1.29 is 40.3 Å². The highest BCUT2D eigenvalue weighted by Crippen LogP contribution is 2.38. The summed E-state index contributed by atoms with van der Waals surface area (Å²) in [5.41, 5.74) is 8.71. The molecule has 0 aromatic heterocycles. The Morgan fingerprint density at radius 3 is 2.14 bits per heavy atom. The van der Waals surface area contributed by atoms with Gasteiger partial charge in [0.25, 0.3) is 32.1 Å². The molecule has 14 nitrogen and oxygen atoms in total. The Hall–Kier alpha value is -4.38. The molecule has 36 heavy (non-hydrogen) atoms. The van der Waals surface area contributed by atoms with Crippen molar-refractivity contribution in [3.63, 3.8) is 0 Å². The zero-order chi connectivity index (χ0) is 26.4. The van der Waals surface area contributed by atoms with Crippen LogP contribution in [0.2, 0.25) is 0 Å². The van der Waals surface area contributed by atoms with Crippen LogP contribution in [0.15, 0.2) is 63.4 Å². The van der Waals surface area contributed by atoms with Crippen molar-refractivity contribution in [2.24, 2.45) is 5.10 Å². The Labute approximate surface area is 202 Å². The van der Waals surface area contributed by atoms with Crippen molar-refractivity contribution in [3.05, 3.63) is 65.2 Å². The summed E-state index contributed by atoms with van der Waals surface area (Å²) in [7, 11) is -9.96. The fourth-order valence-corrected chi connectivity index (χ4v) is 4.69. The molecule has 1 heterocycles. The molecule has 0 spiro atoms. The number of carbonyl (C=O) groups is 3. The number of nitrogens with two attached hydrogens (primary N) is 1. The molecule has 0 saturated heterocycles. The summed E-state index contributed by atoms with van der Waals surface area (Å²) in [5.74, 6) is -2.44. The number of amides is 4. The Kier molecular flexibility index (Phi) is 5.97. The number of nitrogens with zero attached hydrogens (tertiary/aromatic N) is 2. The number of rotatable bonds is 5. The quantitative estimate of drug-likeness (QED) is 0.102. The molecule has 0 radical (unpaired) electrons. The molecule has 1 aliphatic rings. The van der Waals surface area contributed by atoms with Crippen LogP contribution in [0.5, 0.6) is 0 Å². The first kappa shape index (κ1) is 24.7. The van der Waals surface area contributed by atoms with Gasteiger partial charge in [-0.1, -0.05) is 30.3 Å². The first-order chi connectivity index (χ1) is 16.8. The molecule has 4 amide bonds. The van der Waals surface area contributed by atoms with Crippen LogP contribution in [0.4, 0.5) is 10.5 Å². The molecular formula is C20H15N5O9S2. The predicted octanol–water partition coefficient (Wildman–Crippen LogP) is 0.760. The van der Waals surface area contributed by atoms with Crippen LogP contribution < -0.4 is 16.6 Å². The van der Waals surface area contributed by atoms with Gasteiger partial charge in [0.15, 0.2) is 0 Å². The fourth-order valence-electron chi connectivity index (χ4n) is 3.50. The fraction of sp³-hybridized carbons (Fsp3) is 0. The Balaban J connectivity index is 1.79. The molecule has 4 rings (SSSR count). The maximum Gasteiger partial charge on any atom is 0.354 e. The average Bonchev–Trinajstić information content (AvgIpc) is 2.80. The Bertz CT molecular complexity index is 1680. The third-order valence-electron chi connectivity index (χ3n) is 5.05. The monoisotopic (exact) mass is 533 g/mol. The molecular weight excluding hydrogens is 518 g/mol. The molecule has 3 aromatic carbocycles. The number of hydrogen-bond donors (Lipinski definition) is 5. The lowest BCUT2D eigenvalue weighted by Crippen LogP contribution is -2.53. The molecule has 0 saturated carbocycles. The van der Waals surface area contributed by atoms with Crippen LogP contribution in [0.1, 0.15) is 26.3 Å². The lowest BCUT2D eigenvalue weighted by atomic mass is 9.93. The number of imide groups is 1. The number of urea groups is 1. The standard InChI is InChI=1S/C20H15N5O9S2/c21-17-12-6-11(35(29,30)31)7-13-16(12)14(8-15(17)36(32,33)34)19(27)25(18(13)26)24-20(28)23-22-9-10-4-2-1-3-5-10/h1-9H,21H2,(H2,23,24,28)(H,29,30,31)(H,32,33,34)/b22-9+. The summed E-state index contributed by atoms with van der Waals surface area (Å²) >= 11 is 0. The van der Waals surface area contributed by atoms with Gasteiger partial charge < -0.3 is 5.73 Å². The SMILES string of the molecule is Nc1c(S(=O)(=O)O)cc2c3c(cc(S(=O)(=O)O)cc13)C(=O)N(NC(=O)N/N=C/c1ccccc1)C2=O. The van der Waals surface area contributed by atoms with Crippen molar-refractivity contribution in [2.45, 2.75) is 9.79 Å². The molecule has 16 heteroatoms. The minimum Gasteiger partial charge on any atom is -0.397 e. The van der Waals surface area contributed by atoms with Gasteiger partial charge in [0.05, 0.1) is 27.9 Å². The summed E-state index contributed by atoms with van der Waals surface area (Å²) in [6, 6.07) is 9.57. The van der Waals surface area contributed by atoms with Crippen molar-refractivity contribution >= 4 is 60.8 Å². The third kappa shape index (κ3) is 4.48. The van der Waals surface area contributed by atoms with E-state index in [4.69, 9.17) is 5.73 Å². The minimum absolute atomic E-state index is 0.183. The molecule has 186 valence electrons. The molecule has 0 atom stereocenters. The maximum absolute atomic E-state index is 13.1. The van der Waals surface area contributed by atoms with E-state index in [1.807, 2.05) is 10.9 Å². The number of hydrazine groups is 1. The number of hydrazone groups is 1. The normalized spacial score (nSPS) is 13.9. The topological polar surface area (TPSA) is 226 Å².